The highest BCUT2D eigenvalue weighted by Gasteiger charge is 2.37. The van der Waals surface area contributed by atoms with Gasteiger partial charge in [0.15, 0.2) is 0 Å². The molecular weight excluding hydrogens is 434 g/mol. The van der Waals surface area contributed by atoms with Crippen LogP contribution in [0.15, 0.2) is 70.8 Å². The van der Waals surface area contributed by atoms with Crippen molar-refractivity contribution in [3.63, 3.8) is 0 Å². The van der Waals surface area contributed by atoms with Crippen LogP contribution in [0.3, 0.4) is 0 Å². The average molecular weight is 454 g/mol. The number of hydrogen-bond acceptors (Lipinski definition) is 6. The fraction of sp³-hybridized carbons (Fsp3) is 0.174. The van der Waals surface area contributed by atoms with E-state index in [1.54, 1.807) is 31.2 Å². The minimum Gasteiger partial charge on any atom is -0.463 e. The van der Waals surface area contributed by atoms with E-state index in [9.17, 15) is 14.9 Å². The third-order valence-electron chi connectivity index (χ3n) is 4.57. The summed E-state index contributed by atoms with van der Waals surface area (Å²) in [6.45, 7) is 1.91. The Morgan fingerprint density at radius 3 is 2.45 bits per heavy atom. The number of rotatable bonds is 7. The lowest BCUT2D eigenvalue weighted by Crippen LogP contribution is -2.29. The predicted molar refractivity (Wildman–Crippen MR) is 122 cm³/mol. The maximum atomic E-state index is 13.1. The molecule has 1 aliphatic rings. The molecule has 31 heavy (non-hydrogen) atoms. The summed E-state index contributed by atoms with van der Waals surface area (Å²) in [5.41, 5.74) is 7.92. The van der Waals surface area contributed by atoms with E-state index in [0.717, 1.165) is 17.3 Å². The first kappa shape index (κ1) is 22.5. The molecular formula is C23H20ClN3O3S. The van der Waals surface area contributed by atoms with Gasteiger partial charge in [-0.3, -0.25) is 4.79 Å². The van der Waals surface area contributed by atoms with Crippen LogP contribution in [-0.4, -0.2) is 24.2 Å². The molecule has 6 nitrogen and oxygen atoms in total. The lowest BCUT2D eigenvalue weighted by atomic mass is 9.81. The van der Waals surface area contributed by atoms with Crippen LogP contribution in [0.5, 0.6) is 0 Å². The van der Waals surface area contributed by atoms with Crippen molar-refractivity contribution in [3.05, 3.63) is 86.9 Å². The molecule has 3 N–H and O–H groups in total. The highest BCUT2D eigenvalue weighted by molar-refractivity contribution is 8.03. The fourth-order valence-electron chi connectivity index (χ4n) is 3.29. The molecule has 0 unspecified atom stereocenters. The van der Waals surface area contributed by atoms with Gasteiger partial charge in [-0.2, -0.15) is 5.26 Å². The van der Waals surface area contributed by atoms with Crippen LogP contribution in [0.1, 0.15) is 24.0 Å². The topological polar surface area (TPSA) is 105 Å². The predicted octanol–water partition coefficient (Wildman–Crippen LogP) is 3.95. The third kappa shape index (κ3) is 5.10. The third-order valence-corrected chi connectivity index (χ3v) is 5.86. The van der Waals surface area contributed by atoms with Gasteiger partial charge < -0.3 is 15.8 Å². The van der Waals surface area contributed by atoms with Crippen molar-refractivity contribution in [1.82, 2.24) is 5.32 Å². The molecule has 2 aromatic rings. The minimum absolute atomic E-state index is 0.0162. The fourth-order valence-corrected chi connectivity index (χ4v) is 4.20. The van der Waals surface area contributed by atoms with Gasteiger partial charge in [0.05, 0.1) is 46.2 Å². The number of allylic oxidation sites excluding steroid dienone is 1. The number of amides is 1. The van der Waals surface area contributed by atoms with E-state index in [1.807, 2.05) is 30.3 Å². The second kappa shape index (κ2) is 10.2. The van der Waals surface area contributed by atoms with Crippen LogP contribution in [0.25, 0.3) is 5.70 Å². The minimum atomic E-state index is -0.701. The quantitative estimate of drug-likeness (QED) is 0.615. The number of carbonyl (C=O) groups excluding carboxylic acids is 2. The van der Waals surface area contributed by atoms with Crippen molar-refractivity contribution >= 4 is 40.9 Å². The van der Waals surface area contributed by atoms with E-state index in [0.29, 0.717) is 32.5 Å². The molecule has 3 rings (SSSR count). The van der Waals surface area contributed by atoms with Gasteiger partial charge in [-0.15, -0.1) is 0 Å². The van der Waals surface area contributed by atoms with E-state index in [-0.39, 0.29) is 12.4 Å². The molecule has 0 saturated heterocycles. The Morgan fingerprint density at radius 2 is 1.87 bits per heavy atom. The van der Waals surface area contributed by atoms with E-state index in [1.165, 1.54) is 0 Å². The van der Waals surface area contributed by atoms with Gasteiger partial charge in [-0.1, -0.05) is 65.8 Å². The summed E-state index contributed by atoms with van der Waals surface area (Å²) >= 11 is 7.18. The van der Waals surface area contributed by atoms with Gasteiger partial charge in [0.2, 0.25) is 5.91 Å². The number of halogens is 1. The summed E-state index contributed by atoms with van der Waals surface area (Å²) in [4.78, 5) is 24.5. The molecule has 8 heteroatoms. The normalized spacial score (nSPS) is 15.8. The van der Waals surface area contributed by atoms with Gasteiger partial charge in [0.1, 0.15) is 0 Å². The monoisotopic (exact) mass is 453 g/mol. The number of benzene rings is 2. The smallest absolute Gasteiger partial charge is 0.337 e. The standard InChI is InChI=1S/C23H20ClN3O3S/c1-2-30-23(29)20-19(14-8-10-16(24)11-9-14)17(12-25)22(31-13-18(26)28)27-21(20)15-6-4-3-5-7-15/h3-11,19,27H,2,13H2,1H3,(H2,26,28)/t19-/m1/s1. The number of nitrogens with two attached hydrogens (primary N) is 1. The Bertz CT molecular complexity index is 1090. The maximum Gasteiger partial charge on any atom is 0.337 e. The molecule has 0 aromatic heterocycles. The second-order valence-electron chi connectivity index (χ2n) is 6.59. The van der Waals surface area contributed by atoms with Gasteiger partial charge in [0.25, 0.3) is 0 Å². The summed E-state index contributed by atoms with van der Waals surface area (Å²) in [5.74, 6) is -1.76. The Balaban J connectivity index is 2.26. The van der Waals surface area contributed by atoms with Crippen molar-refractivity contribution in [3.8, 4) is 6.07 Å². The van der Waals surface area contributed by atoms with Gasteiger partial charge in [-0.25, -0.2) is 4.79 Å². The molecule has 2 aromatic carbocycles. The summed E-state index contributed by atoms with van der Waals surface area (Å²) in [6.07, 6.45) is 0. The van der Waals surface area contributed by atoms with Gasteiger partial charge in [-0.05, 0) is 30.2 Å². The van der Waals surface area contributed by atoms with E-state index < -0.39 is 17.8 Å². The molecule has 1 amide bonds. The van der Waals surface area contributed by atoms with Crippen molar-refractivity contribution in [2.24, 2.45) is 5.73 Å². The zero-order valence-corrected chi connectivity index (χ0v) is 18.3. The molecule has 1 atom stereocenters. The lowest BCUT2D eigenvalue weighted by Gasteiger charge is -2.30. The summed E-state index contributed by atoms with van der Waals surface area (Å²) < 4.78 is 5.36. The van der Waals surface area contributed by atoms with Gasteiger partial charge in [0, 0.05) is 5.02 Å². The molecule has 1 heterocycles. The average Bonchev–Trinajstić information content (AvgIpc) is 2.77. The summed E-state index contributed by atoms with van der Waals surface area (Å²) in [5, 5.41) is 14.2. The number of primary amides is 1. The number of hydrogen-bond donors (Lipinski definition) is 2. The van der Waals surface area contributed by atoms with Crippen LogP contribution in [0, 0.1) is 11.3 Å². The molecule has 1 aliphatic heterocycles. The number of dihydropyridines is 1. The Labute approximate surface area is 189 Å². The lowest BCUT2D eigenvalue weighted by molar-refractivity contribution is -0.138. The molecule has 0 bridgehead atoms. The zero-order chi connectivity index (χ0) is 22.4. The van der Waals surface area contributed by atoms with Crippen LogP contribution >= 0.6 is 23.4 Å². The molecule has 0 fully saturated rings. The second-order valence-corrected chi connectivity index (χ2v) is 8.02. The molecule has 0 aliphatic carbocycles. The Kier molecular flexibility index (Phi) is 7.40. The van der Waals surface area contributed by atoms with Crippen LogP contribution < -0.4 is 11.1 Å². The highest BCUT2D eigenvalue weighted by Crippen LogP contribution is 2.43. The van der Waals surface area contributed by atoms with Crippen molar-refractivity contribution in [2.45, 2.75) is 12.8 Å². The highest BCUT2D eigenvalue weighted by atomic mass is 35.5. The number of thioether (sulfide) groups is 1. The number of nitriles is 1. The first-order valence-corrected chi connectivity index (χ1v) is 10.9. The van der Waals surface area contributed by atoms with Crippen LogP contribution in [-0.2, 0) is 14.3 Å². The molecule has 0 spiro atoms. The number of esters is 1. The van der Waals surface area contributed by atoms with Gasteiger partial charge >= 0.3 is 5.97 Å². The first-order valence-electron chi connectivity index (χ1n) is 9.50. The molecule has 158 valence electrons. The summed E-state index contributed by atoms with van der Waals surface area (Å²) in [7, 11) is 0. The molecule has 0 saturated carbocycles. The number of nitrogens with one attached hydrogen (secondary N) is 1. The number of ether oxygens (including phenoxy) is 1. The van der Waals surface area contributed by atoms with Crippen molar-refractivity contribution in [2.75, 3.05) is 12.4 Å². The first-order chi connectivity index (χ1) is 15.0. The van der Waals surface area contributed by atoms with E-state index >= 15 is 0 Å². The Morgan fingerprint density at radius 1 is 1.19 bits per heavy atom. The van der Waals surface area contributed by atoms with Crippen LogP contribution in [0.4, 0.5) is 0 Å². The number of nitrogens with zero attached hydrogens (tertiary/aromatic N) is 1. The van der Waals surface area contributed by atoms with Crippen molar-refractivity contribution < 1.29 is 14.3 Å². The zero-order valence-electron chi connectivity index (χ0n) is 16.7. The SMILES string of the molecule is CCOC(=O)C1=C(c2ccccc2)NC(SCC(N)=O)=C(C#N)[C@H]1c1ccc(Cl)cc1. The van der Waals surface area contributed by atoms with Crippen molar-refractivity contribution in [1.29, 1.82) is 5.26 Å². The maximum absolute atomic E-state index is 13.1. The van der Waals surface area contributed by atoms with E-state index in [4.69, 9.17) is 22.1 Å². The largest absolute Gasteiger partial charge is 0.463 e. The number of carbonyl (C=O) groups is 2. The molecule has 0 radical (unpaired) electrons. The Hall–Kier alpha value is -3.21. The van der Waals surface area contributed by atoms with Crippen LogP contribution in [0.2, 0.25) is 5.02 Å². The van der Waals surface area contributed by atoms with E-state index in [2.05, 4.69) is 11.4 Å². The summed E-state index contributed by atoms with van der Waals surface area (Å²) in [6, 6.07) is 18.4.